The van der Waals surface area contributed by atoms with Gasteiger partial charge in [-0.05, 0) is 48.2 Å². The summed E-state index contributed by atoms with van der Waals surface area (Å²) in [5.41, 5.74) is 4.40. The van der Waals surface area contributed by atoms with E-state index in [9.17, 15) is 0 Å². The molecule has 2 aromatic carbocycles. The molecule has 0 fully saturated rings. The maximum absolute atomic E-state index is 4.45. The number of aromatic nitrogens is 3. The zero-order valence-electron chi connectivity index (χ0n) is 14.1. The van der Waals surface area contributed by atoms with Crippen LogP contribution in [0.3, 0.4) is 0 Å². The van der Waals surface area contributed by atoms with Crippen molar-refractivity contribution in [2.24, 2.45) is 0 Å². The predicted molar refractivity (Wildman–Crippen MR) is 98.1 cm³/mol. The van der Waals surface area contributed by atoms with Crippen LogP contribution in [0.15, 0.2) is 54.7 Å². The normalized spacial score (nSPS) is 10.7. The third-order valence-electron chi connectivity index (χ3n) is 3.68. The largest absolute Gasteiger partial charge is 0.339 e. The summed E-state index contributed by atoms with van der Waals surface area (Å²) >= 11 is 0. The molecule has 5 nitrogen and oxygen atoms in total. The molecule has 3 rings (SSSR count). The van der Waals surface area contributed by atoms with Crippen LogP contribution in [0.2, 0.25) is 0 Å². The Hall–Kier alpha value is -2.95. The van der Waals surface area contributed by atoms with Crippen LogP contribution in [-0.2, 0) is 0 Å². The SMILES string of the molecule is Cc1cccc(Nc2cnnc(Nc3ccc(C(C)C)cc3)n2)c1. The monoisotopic (exact) mass is 319 g/mol. The van der Waals surface area contributed by atoms with Gasteiger partial charge < -0.3 is 10.6 Å². The number of benzene rings is 2. The molecule has 1 aromatic heterocycles. The van der Waals surface area contributed by atoms with Crippen molar-refractivity contribution in [3.05, 3.63) is 65.9 Å². The Morgan fingerprint density at radius 1 is 0.917 bits per heavy atom. The van der Waals surface area contributed by atoms with E-state index in [4.69, 9.17) is 0 Å². The lowest BCUT2D eigenvalue weighted by Gasteiger charge is -2.09. The van der Waals surface area contributed by atoms with E-state index in [2.05, 4.69) is 70.9 Å². The summed E-state index contributed by atoms with van der Waals surface area (Å²) in [4.78, 5) is 4.45. The van der Waals surface area contributed by atoms with Crippen molar-refractivity contribution in [3.8, 4) is 0 Å². The van der Waals surface area contributed by atoms with E-state index in [1.54, 1.807) is 6.20 Å². The summed E-state index contributed by atoms with van der Waals surface area (Å²) in [5.74, 6) is 1.63. The van der Waals surface area contributed by atoms with E-state index in [0.717, 1.165) is 11.4 Å². The summed E-state index contributed by atoms with van der Waals surface area (Å²) < 4.78 is 0. The van der Waals surface area contributed by atoms with Gasteiger partial charge in [0.05, 0.1) is 6.20 Å². The average molecular weight is 319 g/mol. The molecule has 0 unspecified atom stereocenters. The van der Waals surface area contributed by atoms with Crippen LogP contribution in [0.4, 0.5) is 23.1 Å². The first-order valence-electron chi connectivity index (χ1n) is 8.00. The third kappa shape index (κ3) is 4.07. The fraction of sp³-hybridized carbons (Fsp3) is 0.211. The van der Waals surface area contributed by atoms with E-state index >= 15 is 0 Å². The first kappa shape index (κ1) is 15.9. The summed E-state index contributed by atoms with van der Waals surface area (Å²) in [6, 6.07) is 16.4. The minimum absolute atomic E-state index is 0.463. The Labute approximate surface area is 142 Å². The van der Waals surface area contributed by atoms with Crippen LogP contribution in [0.25, 0.3) is 0 Å². The minimum atomic E-state index is 0.463. The van der Waals surface area contributed by atoms with Crippen molar-refractivity contribution in [2.75, 3.05) is 10.6 Å². The molecule has 0 radical (unpaired) electrons. The Balaban J connectivity index is 1.73. The highest BCUT2D eigenvalue weighted by molar-refractivity contribution is 5.59. The number of aryl methyl sites for hydroxylation is 1. The van der Waals surface area contributed by atoms with Crippen LogP contribution >= 0.6 is 0 Å². The zero-order valence-corrected chi connectivity index (χ0v) is 14.1. The summed E-state index contributed by atoms with van der Waals surface area (Å²) in [5, 5.41) is 14.5. The number of hydrogen-bond acceptors (Lipinski definition) is 5. The molecule has 2 N–H and O–H groups in total. The van der Waals surface area contributed by atoms with E-state index in [0.29, 0.717) is 17.7 Å². The lowest BCUT2D eigenvalue weighted by atomic mass is 10.0. The van der Waals surface area contributed by atoms with Crippen molar-refractivity contribution in [1.29, 1.82) is 0 Å². The molecule has 0 spiro atoms. The molecule has 0 aliphatic rings. The molecule has 24 heavy (non-hydrogen) atoms. The van der Waals surface area contributed by atoms with Crippen LogP contribution in [0, 0.1) is 6.92 Å². The van der Waals surface area contributed by atoms with Gasteiger partial charge in [-0.3, -0.25) is 0 Å². The van der Waals surface area contributed by atoms with Gasteiger partial charge in [-0.2, -0.15) is 10.1 Å². The highest BCUT2D eigenvalue weighted by Gasteiger charge is 2.03. The molecule has 3 aromatic rings. The molecule has 0 saturated heterocycles. The van der Waals surface area contributed by atoms with E-state index in [1.807, 2.05) is 24.3 Å². The van der Waals surface area contributed by atoms with Gasteiger partial charge in [-0.1, -0.05) is 38.1 Å². The summed E-state index contributed by atoms with van der Waals surface area (Å²) in [6.45, 7) is 6.41. The first-order valence-corrected chi connectivity index (χ1v) is 8.00. The number of nitrogens with one attached hydrogen (secondary N) is 2. The quantitative estimate of drug-likeness (QED) is 0.708. The first-order chi connectivity index (χ1) is 11.6. The average Bonchev–Trinajstić information content (AvgIpc) is 2.56. The van der Waals surface area contributed by atoms with E-state index in [1.165, 1.54) is 11.1 Å². The minimum Gasteiger partial charge on any atom is -0.339 e. The predicted octanol–water partition coefficient (Wildman–Crippen LogP) is 4.79. The molecule has 0 aliphatic heterocycles. The van der Waals surface area contributed by atoms with Crippen LogP contribution < -0.4 is 10.6 Å². The Morgan fingerprint density at radius 2 is 1.71 bits per heavy atom. The van der Waals surface area contributed by atoms with Gasteiger partial charge in [-0.25, -0.2) is 0 Å². The maximum atomic E-state index is 4.45. The third-order valence-corrected chi connectivity index (χ3v) is 3.68. The molecule has 0 atom stereocenters. The topological polar surface area (TPSA) is 62.7 Å². The highest BCUT2D eigenvalue weighted by atomic mass is 15.3. The highest BCUT2D eigenvalue weighted by Crippen LogP contribution is 2.20. The zero-order chi connectivity index (χ0) is 16.9. The molecule has 0 aliphatic carbocycles. The summed E-state index contributed by atoms with van der Waals surface area (Å²) in [6.07, 6.45) is 1.61. The van der Waals surface area contributed by atoms with Gasteiger partial charge in [0.2, 0.25) is 5.95 Å². The fourth-order valence-corrected chi connectivity index (χ4v) is 2.37. The van der Waals surface area contributed by atoms with Crippen LogP contribution in [-0.4, -0.2) is 15.2 Å². The number of nitrogens with zero attached hydrogens (tertiary/aromatic N) is 3. The summed E-state index contributed by atoms with van der Waals surface area (Å²) in [7, 11) is 0. The molecule has 122 valence electrons. The van der Waals surface area contributed by atoms with Crippen molar-refractivity contribution in [2.45, 2.75) is 26.7 Å². The molecule has 5 heteroatoms. The van der Waals surface area contributed by atoms with Gasteiger partial charge in [0, 0.05) is 11.4 Å². The molecular weight excluding hydrogens is 298 g/mol. The van der Waals surface area contributed by atoms with Gasteiger partial charge in [0.25, 0.3) is 0 Å². The van der Waals surface area contributed by atoms with E-state index < -0.39 is 0 Å². The van der Waals surface area contributed by atoms with Crippen LogP contribution in [0.5, 0.6) is 0 Å². The second-order valence-corrected chi connectivity index (χ2v) is 6.06. The van der Waals surface area contributed by atoms with Crippen molar-refractivity contribution < 1.29 is 0 Å². The van der Waals surface area contributed by atoms with Gasteiger partial charge in [0.1, 0.15) is 0 Å². The molecule has 1 heterocycles. The van der Waals surface area contributed by atoms with Crippen molar-refractivity contribution in [3.63, 3.8) is 0 Å². The second-order valence-electron chi connectivity index (χ2n) is 6.06. The van der Waals surface area contributed by atoms with Crippen LogP contribution in [0.1, 0.15) is 30.9 Å². The molecular formula is C19H21N5. The Morgan fingerprint density at radius 3 is 2.42 bits per heavy atom. The Kier molecular flexibility index (Phi) is 4.70. The molecule has 0 saturated carbocycles. The van der Waals surface area contributed by atoms with Crippen molar-refractivity contribution >= 4 is 23.1 Å². The Bertz CT molecular complexity index is 812. The number of rotatable bonds is 5. The smallest absolute Gasteiger partial charge is 0.249 e. The second kappa shape index (κ2) is 7.08. The van der Waals surface area contributed by atoms with E-state index in [-0.39, 0.29) is 0 Å². The van der Waals surface area contributed by atoms with Gasteiger partial charge >= 0.3 is 0 Å². The van der Waals surface area contributed by atoms with Gasteiger partial charge in [-0.15, -0.1) is 5.10 Å². The molecule has 0 amide bonds. The van der Waals surface area contributed by atoms with Gasteiger partial charge in [0.15, 0.2) is 5.82 Å². The fourth-order valence-electron chi connectivity index (χ4n) is 2.37. The number of hydrogen-bond donors (Lipinski definition) is 2. The number of anilines is 4. The standard InChI is InChI=1S/C19H21N5/c1-13(2)15-7-9-16(10-8-15)22-19-23-18(12-20-24-19)21-17-6-4-5-14(3)11-17/h4-13H,1-3H3,(H2,21,22,23,24). The molecule has 0 bridgehead atoms. The van der Waals surface area contributed by atoms with Crippen molar-refractivity contribution in [1.82, 2.24) is 15.2 Å². The maximum Gasteiger partial charge on any atom is 0.249 e. The lowest BCUT2D eigenvalue weighted by Crippen LogP contribution is -2.02. The lowest BCUT2D eigenvalue weighted by molar-refractivity contribution is 0.867.